The Bertz CT molecular complexity index is 878. The van der Waals surface area contributed by atoms with E-state index >= 15 is 0 Å². The molecule has 0 N–H and O–H groups in total. The zero-order valence-corrected chi connectivity index (χ0v) is 14.0. The Balaban J connectivity index is 2.01. The summed E-state index contributed by atoms with van der Waals surface area (Å²) in [4.78, 5) is 24.9. The summed E-state index contributed by atoms with van der Waals surface area (Å²) in [6.45, 7) is 0. The highest BCUT2D eigenvalue weighted by molar-refractivity contribution is 6.26. The van der Waals surface area contributed by atoms with E-state index in [2.05, 4.69) is 11.8 Å². The van der Waals surface area contributed by atoms with Crippen molar-refractivity contribution < 1.29 is 14.3 Å². The number of rotatable bonds is 4. The van der Waals surface area contributed by atoms with Gasteiger partial charge in [0.2, 0.25) is 0 Å². The third kappa shape index (κ3) is 4.24. The van der Waals surface area contributed by atoms with Crippen LogP contribution in [-0.4, -0.2) is 18.9 Å². The molecule has 0 saturated heterocycles. The van der Waals surface area contributed by atoms with Crippen LogP contribution in [0.25, 0.3) is 6.08 Å². The molecule has 1 aliphatic rings. The Labute approximate surface area is 147 Å². The lowest BCUT2D eigenvalue weighted by atomic mass is 9.99. The molecule has 25 heavy (non-hydrogen) atoms. The number of carbonyl (C=O) groups is 2. The minimum atomic E-state index is -0.654. The zero-order chi connectivity index (χ0) is 17.6. The number of ether oxygens (including phenoxy) is 1. The third-order valence-electron chi connectivity index (χ3n) is 3.93. The monoisotopic (exact) mass is 330 g/mol. The normalized spacial score (nSPS) is 13.6. The van der Waals surface area contributed by atoms with E-state index in [4.69, 9.17) is 4.74 Å². The molecule has 0 radical (unpaired) electrons. The Kier molecular flexibility index (Phi) is 5.11. The van der Waals surface area contributed by atoms with Gasteiger partial charge in [0.1, 0.15) is 5.57 Å². The first-order valence-corrected chi connectivity index (χ1v) is 8.19. The van der Waals surface area contributed by atoms with Crippen molar-refractivity contribution in [3.8, 4) is 11.8 Å². The van der Waals surface area contributed by atoms with Gasteiger partial charge in [-0.2, -0.15) is 0 Å². The average Bonchev–Trinajstić information content (AvgIpc) is 3.49. The molecule has 0 amide bonds. The molecule has 0 heterocycles. The molecule has 1 saturated carbocycles. The van der Waals surface area contributed by atoms with E-state index < -0.39 is 5.97 Å². The van der Waals surface area contributed by atoms with Crippen LogP contribution in [0.1, 0.15) is 34.3 Å². The summed E-state index contributed by atoms with van der Waals surface area (Å²) >= 11 is 0. The highest BCUT2D eigenvalue weighted by Gasteiger charge is 2.21. The van der Waals surface area contributed by atoms with Gasteiger partial charge in [-0.25, -0.2) is 4.79 Å². The van der Waals surface area contributed by atoms with Crippen LogP contribution < -0.4 is 0 Å². The molecule has 0 aromatic heterocycles. The van der Waals surface area contributed by atoms with E-state index in [1.807, 2.05) is 30.3 Å². The number of carbonyl (C=O) groups excluding carboxylic acids is 2. The molecule has 3 rings (SSSR count). The highest BCUT2D eigenvalue weighted by Crippen LogP contribution is 2.28. The van der Waals surface area contributed by atoms with Crippen molar-refractivity contribution in [2.45, 2.75) is 12.8 Å². The molecule has 2 aromatic carbocycles. The summed E-state index contributed by atoms with van der Waals surface area (Å²) in [6, 6.07) is 16.2. The molecule has 1 fully saturated rings. The van der Waals surface area contributed by atoms with Gasteiger partial charge in [-0.1, -0.05) is 60.4 Å². The Morgan fingerprint density at radius 2 is 1.72 bits per heavy atom. The second kappa shape index (κ2) is 7.63. The van der Waals surface area contributed by atoms with Crippen molar-refractivity contribution in [3.63, 3.8) is 0 Å². The first-order valence-electron chi connectivity index (χ1n) is 8.19. The van der Waals surface area contributed by atoms with Crippen LogP contribution in [0.5, 0.6) is 0 Å². The van der Waals surface area contributed by atoms with E-state index in [-0.39, 0.29) is 11.4 Å². The second-order valence-corrected chi connectivity index (χ2v) is 5.88. The number of methoxy groups -OCH3 is 1. The molecule has 0 unspecified atom stereocenters. The standard InChI is InChI=1S/C22H18O3/c1-25-22(24)20(21(23)18-8-3-2-4-9-18)15-19-10-6-5-7-17(19)14-13-16-11-12-16/h2-10,15-16H,11-12H2,1H3/b20-15+. The molecule has 0 bridgehead atoms. The van der Waals surface area contributed by atoms with Crippen molar-refractivity contribution in [2.75, 3.05) is 7.11 Å². The lowest BCUT2D eigenvalue weighted by Gasteiger charge is -2.06. The molecule has 0 aliphatic heterocycles. The smallest absolute Gasteiger partial charge is 0.341 e. The van der Waals surface area contributed by atoms with Crippen molar-refractivity contribution in [3.05, 3.63) is 76.9 Å². The van der Waals surface area contributed by atoms with Crippen LogP contribution in [0, 0.1) is 17.8 Å². The summed E-state index contributed by atoms with van der Waals surface area (Å²) in [6.07, 6.45) is 3.86. The lowest BCUT2D eigenvalue weighted by Crippen LogP contribution is -2.14. The Hall–Kier alpha value is -3.12. The van der Waals surface area contributed by atoms with Crippen LogP contribution in [0.2, 0.25) is 0 Å². The molecule has 1 aliphatic carbocycles. The first kappa shape index (κ1) is 16.7. The van der Waals surface area contributed by atoms with Crippen molar-refractivity contribution in [1.29, 1.82) is 0 Å². The molecule has 3 heteroatoms. The van der Waals surface area contributed by atoms with Gasteiger partial charge in [0, 0.05) is 17.0 Å². The number of esters is 1. The fraction of sp³-hybridized carbons (Fsp3) is 0.182. The van der Waals surface area contributed by atoms with Crippen LogP contribution in [0.15, 0.2) is 60.2 Å². The topological polar surface area (TPSA) is 43.4 Å². The number of hydrogen-bond donors (Lipinski definition) is 0. The second-order valence-electron chi connectivity index (χ2n) is 5.88. The van der Waals surface area contributed by atoms with Crippen molar-refractivity contribution in [1.82, 2.24) is 0 Å². The van der Waals surface area contributed by atoms with Gasteiger partial charge < -0.3 is 4.74 Å². The number of benzene rings is 2. The Morgan fingerprint density at radius 3 is 2.40 bits per heavy atom. The minimum absolute atomic E-state index is 0.00521. The van der Waals surface area contributed by atoms with Crippen molar-refractivity contribution in [2.24, 2.45) is 5.92 Å². The highest BCUT2D eigenvalue weighted by atomic mass is 16.5. The fourth-order valence-corrected chi connectivity index (χ4v) is 2.37. The third-order valence-corrected chi connectivity index (χ3v) is 3.93. The minimum Gasteiger partial charge on any atom is -0.465 e. The number of Topliss-reactive ketones (excluding diaryl/α,β-unsaturated/α-hetero) is 1. The van der Waals surface area contributed by atoms with Gasteiger partial charge in [-0.05, 0) is 30.5 Å². The molecular weight excluding hydrogens is 312 g/mol. The van der Waals surface area contributed by atoms with E-state index in [0.717, 1.165) is 24.0 Å². The largest absolute Gasteiger partial charge is 0.465 e. The zero-order valence-electron chi connectivity index (χ0n) is 14.0. The lowest BCUT2D eigenvalue weighted by molar-refractivity contribution is -0.135. The van der Waals surface area contributed by atoms with E-state index in [9.17, 15) is 9.59 Å². The predicted octanol–water partition coefficient (Wildman–Crippen LogP) is 3.89. The van der Waals surface area contributed by atoms with Gasteiger partial charge in [0.05, 0.1) is 7.11 Å². The molecule has 0 spiro atoms. The molecule has 124 valence electrons. The van der Waals surface area contributed by atoms with Gasteiger partial charge in [-0.3, -0.25) is 4.79 Å². The molecule has 0 atom stereocenters. The summed E-state index contributed by atoms with van der Waals surface area (Å²) in [7, 11) is 1.27. The Morgan fingerprint density at radius 1 is 1.04 bits per heavy atom. The maximum Gasteiger partial charge on any atom is 0.341 e. The predicted molar refractivity (Wildman–Crippen MR) is 96.8 cm³/mol. The maximum absolute atomic E-state index is 12.7. The molecular formula is C22H18O3. The summed E-state index contributed by atoms with van der Waals surface area (Å²) in [5, 5.41) is 0. The SMILES string of the molecule is COC(=O)/C(=C/c1ccccc1C#CC1CC1)C(=O)c1ccccc1. The number of ketones is 1. The van der Waals surface area contributed by atoms with E-state index in [1.165, 1.54) is 7.11 Å². The molecule has 2 aromatic rings. The van der Waals surface area contributed by atoms with Gasteiger partial charge >= 0.3 is 5.97 Å². The van der Waals surface area contributed by atoms with Crippen LogP contribution in [0.3, 0.4) is 0 Å². The van der Waals surface area contributed by atoms with Gasteiger partial charge in [-0.15, -0.1) is 0 Å². The fourth-order valence-electron chi connectivity index (χ4n) is 2.37. The average molecular weight is 330 g/mol. The van der Waals surface area contributed by atoms with Crippen LogP contribution in [0.4, 0.5) is 0 Å². The first-order chi connectivity index (χ1) is 12.2. The summed E-state index contributed by atoms with van der Waals surface area (Å²) < 4.78 is 4.81. The molecule has 3 nitrogen and oxygen atoms in total. The summed E-state index contributed by atoms with van der Waals surface area (Å²) in [5.74, 6) is 5.83. The van der Waals surface area contributed by atoms with Crippen LogP contribution in [-0.2, 0) is 9.53 Å². The van der Waals surface area contributed by atoms with Crippen molar-refractivity contribution >= 4 is 17.8 Å². The van der Waals surface area contributed by atoms with Gasteiger partial charge in [0.25, 0.3) is 0 Å². The van der Waals surface area contributed by atoms with E-state index in [1.54, 1.807) is 30.3 Å². The maximum atomic E-state index is 12.7. The number of hydrogen-bond acceptors (Lipinski definition) is 3. The van der Waals surface area contributed by atoms with E-state index in [0.29, 0.717) is 11.5 Å². The van der Waals surface area contributed by atoms with Gasteiger partial charge in [0.15, 0.2) is 5.78 Å². The van der Waals surface area contributed by atoms with Crippen LogP contribution >= 0.6 is 0 Å². The quantitative estimate of drug-likeness (QED) is 0.213. The summed E-state index contributed by atoms with van der Waals surface area (Å²) in [5.41, 5.74) is 1.98.